The van der Waals surface area contributed by atoms with Crippen molar-refractivity contribution in [3.63, 3.8) is 0 Å². The maximum absolute atomic E-state index is 12.1. The maximum atomic E-state index is 12.1. The molecule has 2 aromatic carbocycles. The van der Waals surface area contributed by atoms with Crippen LogP contribution in [0.15, 0.2) is 53.1 Å². The summed E-state index contributed by atoms with van der Waals surface area (Å²) in [7, 11) is 1.61. The van der Waals surface area contributed by atoms with Gasteiger partial charge in [-0.3, -0.25) is 4.79 Å². The molecule has 0 bridgehead atoms. The number of rotatable bonds is 4. The minimum absolute atomic E-state index is 0.140. The number of ether oxygens (including phenoxy) is 1. The van der Waals surface area contributed by atoms with Crippen molar-refractivity contribution in [2.24, 2.45) is 0 Å². The smallest absolute Gasteiger partial charge is 0.230 e. The van der Waals surface area contributed by atoms with E-state index in [1.807, 2.05) is 48.5 Å². The van der Waals surface area contributed by atoms with Gasteiger partial charge in [0.2, 0.25) is 5.91 Å². The van der Waals surface area contributed by atoms with Gasteiger partial charge in [0.05, 0.1) is 18.9 Å². The molecule has 0 fully saturated rings. The molecule has 21 heavy (non-hydrogen) atoms. The molecule has 0 unspecified atom stereocenters. The molecule has 5 nitrogen and oxygen atoms in total. The van der Waals surface area contributed by atoms with Crippen LogP contribution >= 0.6 is 0 Å². The Morgan fingerprint density at radius 1 is 1.19 bits per heavy atom. The molecule has 0 spiro atoms. The normalized spacial score (nSPS) is 10.5. The van der Waals surface area contributed by atoms with Crippen molar-refractivity contribution < 1.29 is 14.1 Å². The van der Waals surface area contributed by atoms with E-state index < -0.39 is 0 Å². The highest BCUT2D eigenvalue weighted by Gasteiger charge is 2.11. The van der Waals surface area contributed by atoms with Crippen LogP contribution in [-0.4, -0.2) is 18.2 Å². The molecule has 0 saturated carbocycles. The van der Waals surface area contributed by atoms with E-state index in [9.17, 15) is 4.79 Å². The summed E-state index contributed by atoms with van der Waals surface area (Å²) in [6, 6.07) is 14.8. The molecule has 0 atom stereocenters. The van der Waals surface area contributed by atoms with Crippen LogP contribution in [0.25, 0.3) is 11.0 Å². The molecule has 106 valence electrons. The molecule has 1 aromatic heterocycles. The van der Waals surface area contributed by atoms with Crippen LogP contribution in [0.2, 0.25) is 0 Å². The molecule has 3 aromatic rings. The van der Waals surface area contributed by atoms with Gasteiger partial charge in [0.25, 0.3) is 0 Å². The van der Waals surface area contributed by atoms with Crippen LogP contribution in [0.5, 0.6) is 5.75 Å². The van der Waals surface area contributed by atoms with Gasteiger partial charge >= 0.3 is 0 Å². The molecule has 0 radical (unpaired) electrons. The van der Waals surface area contributed by atoms with E-state index in [0.29, 0.717) is 11.4 Å². The first kappa shape index (κ1) is 13.2. The minimum Gasteiger partial charge on any atom is -0.497 e. The van der Waals surface area contributed by atoms with Crippen LogP contribution in [0.3, 0.4) is 0 Å². The second-order valence-electron chi connectivity index (χ2n) is 4.60. The van der Waals surface area contributed by atoms with Gasteiger partial charge in [0.1, 0.15) is 5.75 Å². The lowest BCUT2D eigenvalue weighted by atomic mass is 10.1. The number of carbonyl (C=O) groups excluding carboxylic acids is 1. The zero-order valence-electron chi connectivity index (χ0n) is 11.5. The van der Waals surface area contributed by atoms with Gasteiger partial charge in [-0.15, -0.1) is 0 Å². The predicted molar refractivity (Wildman–Crippen MR) is 79.3 cm³/mol. The van der Waals surface area contributed by atoms with Crippen molar-refractivity contribution in [3.05, 3.63) is 54.1 Å². The number of nitrogens with zero attached hydrogens (tertiary/aromatic N) is 1. The number of hydrogen-bond donors (Lipinski definition) is 1. The Morgan fingerprint density at radius 3 is 2.71 bits per heavy atom. The predicted octanol–water partition coefficient (Wildman–Crippen LogP) is 3.02. The summed E-state index contributed by atoms with van der Waals surface area (Å²) in [6.07, 6.45) is 0.269. The maximum Gasteiger partial charge on any atom is 0.230 e. The summed E-state index contributed by atoms with van der Waals surface area (Å²) in [5.41, 5.74) is 1.55. The third kappa shape index (κ3) is 2.86. The second kappa shape index (κ2) is 5.66. The highest BCUT2D eigenvalue weighted by Crippen LogP contribution is 2.22. The van der Waals surface area contributed by atoms with Crippen molar-refractivity contribution in [2.45, 2.75) is 6.42 Å². The highest BCUT2D eigenvalue weighted by molar-refractivity contribution is 5.99. The molecule has 0 aliphatic heterocycles. The van der Waals surface area contributed by atoms with Gasteiger partial charge in [0.15, 0.2) is 11.4 Å². The molecular weight excluding hydrogens is 268 g/mol. The molecule has 1 heterocycles. The quantitative estimate of drug-likeness (QED) is 0.799. The lowest BCUT2D eigenvalue weighted by molar-refractivity contribution is -0.115. The second-order valence-corrected chi connectivity index (χ2v) is 4.60. The van der Waals surface area contributed by atoms with E-state index in [4.69, 9.17) is 9.26 Å². The van der Waals surface area contributed by atoms with Gasteiger partial charge in [-0.1, -0.05) is 29.4 Å². The Kier molecular flexibility index (Phi) is 3.55. The van der Waals surface area contributed by atoms with Gasteiger partial charge in [-0.05, 0) is 29.8 Å². The van der Waals surface area contributed by atoms with E-state index in [1.54, 1.807) is 7.11 Å². The Balaban J connectivity index is 1.71. The Labute approximate surface area is 121 Å². The number of methoxy groups -OCH3 is 1. The van der Waals surface area contributed by atoms with Crippen molar-refractivity contribution in [1.29, 1.82) is 0 Å². The zero-order chi connectivity index (χ0) is 14.7. The van der Waals surface area contributed by atoms with Crippen LogP contribution in [0.1, 0.15) is 5.56 Å². The molecule has 3 rings (SSSR count). The fraction of sp³-hybridized carbons (Fsp3) is 0.125. The Morgan fingerprint density at radius 2 is 1.95 bits per heavy atom. The summed E-state index contributed by atoms with van der Waals surface area (Å²) in [4.78, 5) is 12.1. The molecule has 0 aliphatic rings. The number of amides is 1. The zero-order valence-corrected chi connectivity index (χ0v) is 11.5. The molecule has 0 saturated heterocycles. The van der Waals surface area contributed by atoms with Crippen LogP contribution < -0.4 is 10.1 Å². The third-order valence-electron chi connectivity index (χ3n) is 3.16. The van der Waals surface area contributed by atoms with E-state index >= 15 is 0 Å². The van der Waals surface area contributed by atoms with Crippen molar-refractivity contribution in [2.75, 3.05) is 12.4 Å². The van der Waals surface area contributed by atoms with E-state index in [1.165, 1.54) is 0 Å². The first-order valence-corrected chi connectivity index (χ1v) is 6.53. The lowest BCUT2D eigenvalue weighted by Crippen LogP contribution is -2.14. The fourth-order valence-corrected chi connectivity index (χ4v) is 2.08. The van der Waals surface area contributed by atoms with Gasteiger partial charge in [0, 0.05) is 0 Å². The number of benzene rings is 2. The van der Waals surface area contributed by atoms with Gasteiger partial charge < -0.3 is 14.6 Å². The number of aromatic nitrogens is 1. The van der Waals surface area contributed by atoms with Crippen LogP contribution in [0, 0.1) is 0 Å². The lowest BCUT2D eigenvalue weighted by Gasteiger charge is -2.04. The summed E-state index contributed by atoms with van der Waals surface area (Å²) in [5, 5.41) is 7.44. The Bertz CT molecular complexity index is 763. The molecule has 0 aliphatic carbocycles. The van der Waals surface area contributed by atoms with Gasteiger partial charge in [-0.2, -0.15) is 0 Å². The summed E-state index contributed by atoms with van der Waals surface area (Å²) < 4.78 is 10.2. The summed E-state index contributed by atoms with van der Waals surface area (Å²) in [5.74, 6) is 1.07. The molecule has 1 N–H and O–H groups in total. The summed E-state index contributed by atoms with van der Waals surface area (Å²) >= 11 is 0. The SMILES string of the molecule is COc1ccc(CC(=O)Nc2noc3ccccc23)cc1. The minimum atomic E-state index is -0.140. The van der Waals surface area contributed by atoms with Crippen molar-refractivity contribution in [1.82, 2.24) is 5.16 Å². The van der Waals surface area contributed by atoms with E-state index in [0.717, 1.165) is 16.7 Å². The number of anilines is 1. The number of fused-ring (bicyclic) bond motifs is 1. The highest BCUT2D eigenvalue weighted by atomic mass is 16.5. The fourth-order valence-electron chi connectivity index (χ4n) is 2.08. The van der Waals surface area contributed by atoms with E-state index in [2.05, 4.69) is 10.5 Å². The standard InChI is InChI=1S/C16H14N2O3/c1-20-12-8-6-11(7-9-12)10-15(19)17-16-13-4-2-3-5-14(13)21-18-16/h2-9H,10H2,1H3,(H,17,18,19). The average Bonchev–Trinajstić information content (AvgIpc) is 2.91. The van der Waals surface area contributed by atoms with Crippen LogP contribution in [-0.2, 0) is 11.2 Å². The summed E-state index contributed by atoms with van der Waals surface area (Å²) in [6.45, 7) is 0. The molecule has 1 amide bonds. The number of para-hydroxylation sites is 1. The Hall–Kier alpha value is -2.82. The number of hydrogen-bond acceptors (Lipinski definition) is 4. The van der Waals surface area contributed by atoms with Crippen molar-refractivity contribution >= 4 is 22.7 Å². The monoisotopic (exact) mass is 282 g/mol. The first-order chi connectivity index (χ1) is 10.3. The molecule has 5 heteroatoms. The van der Waals surface area contributed by atoms with Crippen molar-refractivity contribution in [3.8, 4) is 5.75 Å². The van der Waals surface area contributed by atoms with E-state index in [-0.39, 0.29) is 12.3 Å². The molecular formula is C16H14N2O3. The van der Waals surface area contributed by atoms with Gasteiger partial charge in [-0.25, -0.2) is 0 Å². The number of carbonyl (C=O) groups is 1. The topological polar surface area (TPSA) is 64.4 Å². The van der Waals surface area contributed by atoms with Crippen LogP contribution in [0.4, 0.5) is 5.82 Å². The average molecular weight is 282 g/mol. The number of nitrogens with one attached hydrogen (secondary N) is 1. The largest absolute Gasteiger partial charge is 0.497 e. The third-order valence-corrected chi connectivity index (χ3v) is 3.16. The first-order valence-electron chi connectivity index (χ1n) is 6.53.